The Labute approximate surface area is 120 Å². The molecular weight excluding hydrogens is 236 g/mol. The molecule has 2 heterocycles. The lowest BCUT2D eigenvalue weighted by atomic mass is 9.83. The second-order valence-electron chi connectivity index (χ2n) is 5.71. The first-order valence-corrected chi connectivity index (χ1v) is 8.30. The summed E-state index contributed by atoms with van der Waals surface area (Å²) in [6.07, 6.45) is 7.12. The van der Waals surface area contributed by atoms with E-state index in [2.05, 4.69) is 10.2 Å². The summed E-state index contributed by atoms with van der Waals surface area (Å²) in [5.41, 5.74) is 0. The third kappa shape index (κ3) is 6.73. The number of methoxy groups -OCH3 is 1. The minimum Gasteiger partial charge on any atom is -0.383 e. The largest absolute Gasteiger partial charge is 0.383 e. The van der Waals surface area contributed by atoms with Gasteiger partial charge in [-0.1, -0.05) is 13.8 Å². The van der Waals surface area contributed by atoms with Gasteiger partial charge in [0, 0.05) is 13.7 Å². The first-order chi connectivity index (χ1) is 9.38. The van der Waals surface area contributed by atoms with Gasteiger partial charge in [0.25, 0.3) is 0 Å². The van der Waals surface area contributed by atoms with E-state index < -0.39 is 0 Å². The van der Waals surface area contributed by atoms with Gasteiger partial charge in [-0.2, -0.15) is 0 Å². The van der Waals surface area contributed by atoms with Crippen molar-refractivity contribution in [2.45, 2.75) is 46.0 Å². The lowest BCUT2D eigenvalue weighted by Gasteiger charge is -2.34. The van der Waals surface area contributed by atoms with E-state index in [1.807, 2.05) is 13.8 Å². The Hall–Kier alpha value is -0.120. The number of rotatable bonds is 5. The normalized spacial score (nSPS) is 22.9. The van der Waals surface area contributed by atoms with Gasteiger partial charge in [-0.3, -0.25) is 0 Å². The standard InChI is InChI=1S/C14H28N2O.C2H6/c1-17-11-10-16-8-4-14(5-9-16)12-13-2-6-15-7-3-13;1-2/h13-15H,2-12H2,1H3;1-2H3. The quantitative estimate of drug-likeness (QED) is 0.831. The molecule has 2 rings (SSSR count). The van der Waals surface area contributed by atoms with E-state index in [1.165, 1.54) is 58.3 Å². The van der Waals surface area contributed by atoms with Gasteiger partial charge < -0.3 is 15.0 Å². The summed E-state index contributed by atoms with van der Waals surface area (Å²) >= 11 is 0. The molecule has 2 saturated heterocycles. The molecule has 3 nitrogen and oxygen atoms in total. The molecule has 2 aliphatic heterocycles. The second kappa shape index (κ2) is 10.6. The molecule has 0 spiro atoms. The summed E-state index contributed by atoms with van der Waals surface area (Å²) in [5, 5.41) is 3.46. The van der Waals surface area contributed by atoms with E-state index >= 15 is 0 Å². The van der Waals surface area contributed by atoms with Crippen molar-refractivity contribution in [2.75, 3.05) is 46.4 Å². The number of hydrogen-bond donors (Lipinski definition) is 1. The van der Waals surface area contributed by atoms with Crippen LogP contribution in [0.4, 0.5) is 0 Å². The highest BCUT2D eigenvalue weighted by molar-refractivity contribution is 4.77. The van der Waals surface area contributed by atoms with Gasteiger partial charge in [-0.25, -0.2) is 0 Å². The van der Waals surface area contributed by atoms with Crippen molar-refractivity contribution >= 4 is 0 Å². The smallest absolute Gasteiger partial charge is 0.0589 e. The molecule has 0 unspecified atom stereocenters. The maximum absolute atomic E-state index is 5.14. The number of ether oxygens (including phenoxy) is 1. The highest BCUT2D eigenvalue weighted by Gasteiger charge is 2.23. The molecule has 19 heavy (non-hydrogen) atoms. The SMILES string of the molecule is CC.COCCN1CCC(CC2CCNCC2)CC1. The lowest BCUT2D eigenvalue weighted by molar-refractivity contribution is 0.112. The summed E-state index contributed by atoms with van der Waals surface area (Å²) < 4.78 is 5.14. The average molecular weight is 270 g/mol. The summed E-state index contributed by atoms with van der Waals surface area (Å²) in [4.78, 5) is 2.56. The van der Waals surface area contributed by atoms with Gasteiger partial charge in [-0.15, -0.1) is 0 Å². The maximum atomic E-state index is 5.14. The summed E-state index contributed by atoms with van der Waals surface area (Å²) in [5.74, 6) is 2.00. The molecule has 3 heteroatoms. The molecule has 0 aromatic heterocycles. The van der Waals surface area contributed by atoms with Crippen LogP contribution >= 0.6 is 0 Å². The van der Waals surface area contributed by atoms with Gasteiger partial charge in [0.15, 0.2) is 0 Å². The van der Waals surface area contributed by atoms with Crippen molar-refractivity contribution < 1.29 is 4.74 Å². The number of nitrogens with one attached hydrogen (secondary N) is 1. The van der Waals surface area contributed by atoms with Gasteiger partial charge in [-0.05, 0) is 70.1 Å². The van der Waals surface area contributed by atoms with Crippen molar-refractivity contribution in [3.63, 3.8) is 0 Å². The minimum absolute atomic E-state index is 0.888. The van der Waals surface area contributed by atoms with Gasteiger partial charge >= 0.3 is 0 Å². The minimum atomic E-state index is 0.888. The van der Waals surface area contributed by atoms with E-state index in [9.17, 15) is 0 Å². The number of likely N-dealkylation sites (tertiary alicyclic amines) is 1. The highest BCUT2D eigenvalue weighted by Crippen LogP contribution is 2.28. The molecule has 0 aliphatic carbocycles. The van der Waals surface area contributed by atoms with Gasteiger partial charge in [0.2, 0.25) is 0 Å². The van der Waals surface area contributed by atoms with E-state index in [0.29, 0.717) is 0 Å². The zero-order valence-electron chi connectivity index (χ0n) is 13.3. The van der Waals surface area contributed by atoms with Crippen molar-refractivity contribution in [1.82, 2.24) is 10.2 Å². The van der Waals surface area contributed by atoms with Crippen molar-refractivity contribution in [1.29, 1.82) is 0 Å². The van der Waals surface area contributed by atoms with Gasteiger partial charge in [0.05, 0.1) is 6.61 Å². The van der Waals surface area contributed by atoms with Crippen LogP contribution in [0.5, 0.6) is 0 Å². The molecule has 0 aromatic rings. The van der Waals surface area contributed by atoms with E-state index in [0.717, 1.165) is 25.0 Å². The van der Waals surface area contributed by atoms with Crippen LogP contribution in [0.2, 0.25) is 0 Å². The van der Waals surface area contributed by atoms with Crippen LogP contribution in [0.15, 0.2) is 0 Å². The van der Waals surface area contributed by atoms with Crippen LogP contribution in [0.25, 0.3) is 0 Å². The first kappa shape index (κ1) is 16.9. The lowest BCUT2D eigenvalue weighted by Crippen LogP contribution is -2.37. The molecule has 0 radical (unpaired) electrons. The van der Waals surface area contributed by atoms with Gasteiger partial charge in [0.1, 0.15) is 0 Å². The Balaban J connectivity index is 0.000000861. The molecule has 0 amide bonds. The van der Waals surface area contributed by atoms with Crippen LogP contribution in [-0.2, 0) is 4.74 Å². The molecule has 2 aliphatic rings. The molecule has 114 valence electrons. The Morgan fingerprint density at radius 2 is 1.58 bits per heavy atom. The number of hydrogen-bond acceptors (Lipinski definition) is 3. The summed E-state index contributed by atoms with van der Waals surface area (Å²) in [7, 11) is 1.80. The van der Waals surface area contributed by atoms with Crippen LogP contribution in [0.1, 0.15) is 46.0 Å². The van der Waals surface area contributed by atoms with E-state index in [-0.39, 0.29) is 0 Å². The summed E-state index contributed by atoms with van der Waals surface area (Å²) in [6, 6.07) is 0. The predicted octanol–water partition coefficient (Wildman–Crippen LogP) is 2.76. The van der Waals surface area contributed by atoms with Crippen molar-refractivity contribution in [2.24, 2.45) is 11.8 Å². The number of nitrogens with zero attached hydrogens (tertiary/aromatic N) is 1. The second-order valence-corrected chi connectivity index (χ2v) is 5.71. The monoisotopic (exact) mass is 270 g/mol. The molecule has 0 bridgehead atoms. The zero-order valence-corrected chi connectivity index (χ0v) is 13.3. The Kier molecular flexibility index (Phi) is 9.48. The fraction of sp³-hybridized carbons (Fsp3) is 1.00. The zero-order chi connectivity index (χ0) is 13.9. The molecule has 2 fully saturated rings. The molecule has 1 N–H and O–H groups in total. The van der Waals surface area contributed by atoms with Crippen LogP contribution < -0.4 is 5.32 Å². The van der Waals surface area contributed by atoms with Crippen LogP contribution in [0, 0.1) is 11.8 Å². The fourth-order valence-corrected chi connectivity index (χ4v) is 3.25. The van der Waals surface area contributed by atoms with Crippen LogP contribution in [0.3, 0.4) is 0 Å². The molecule has 0 saturated carbocycles. The third-order valence-corrected chi connectivity index (χ3v) is 4.44. The third-order valence-electron chi connectivity index (χ3n) is 4.44. The Morgan fingerprint density at radius 1 is 1.00 bits per heavy atom. The van der Waals surface area contributed by atoms with Crippen molar-refractivity contribution in [3.05, 3.63) is 0 Å². The number of piperidine rings is 2. The van der Waals surface area contributed by atoms with Crippen molar-refractivity contribution in [3.8, 4) is 0 Å². The maximum Gasteiger partial charge on any atom is 0.0589 e. The Bertz CT molecular complexity index is 197. The van der Waals surface area contributed by atoms with E-state index in [1.54, 1.807) is 7.11 Å². The van der Waals surface area contributed by atoms with Crippen LogP contribution in [-0.4, -0.2) is 51.3 Å². The average Bonchev–Trinajstić information content (AvgIpc) is 2.50. The Morgan fingerprint density at radius 3 is 2.16 bits per heavy atom. The fourth-order valence-electron chi connectivity index (χ4n) is 3.25. The molecular formula is C16H34N2O. The van der Waals surface area contributed by atoms with E-state index in [4.69, 9.17) is 4.74 Å². The topological polar surface area (TPSA) is 24.5 Å². The predicted molar refractivity (Wildman–Crippen MR) is 82.6 cm³/mol. The first-order valence-electron chi connectivity index (χ1n) is 8.30. The molecule has 0 atom stereocenters. The highest BCUT2D eigenvalue weighted by atomic mass is 16.5. The summed E-state index contributed by atoms with van der Waals surface area (Å²) in [6.45, 7) is 11.1. The molecule has 0 aromatic carbocycles.